The summed E-state index contributed by atoms with van der Waals surface area (Å²) in [6, 6.07) is 65.0. The van der Waals surface area contributed by atoms with Crippen LogP contribution in [0.2, 0.25) is 0 Å². The van der Waals surface area contributed by atoms with Crippen molar-refractivity contribution >= 4 is 43.6 Å². The minimum absolute atomic E-state index is 0.105. The normalized spacial score (nSPS) is 20.4. The molecule has 3 nitrogen and oxygen atoms in total. The van der Waals surface area contributed by atoms with Gasteiger partial charge in [0, 0.05) is 21.8 Å². The minimum atomic E-state index is 0.105. The van der Waals surface area contributed by atoms with Crippen molar-refractivity contribution < 1.29 is 0 Å². The largest absolute Gasteiger partial charge is 0.292 e. The van der Waals surface area contributed by atoms with Crippen LogP contribution in [0.5, 0.6) is 0 Å². The number of para-hydroxylation sites is 2. The zero-order valence-corrected chi connectivity index (χ0v) is 34.4. The molecule has 1 spiro atoms. The third-order valence-corrected chi connectivity index (χ3v) is 14.9. The van der Waals surface area contributed by atoms with Crippen LogP contribution in [0.4, 0.5) is 0 Å². The van der Waals surface area contributed by atoms with Crippen LogP contribution >= 0.6 is 0 Å². The van der Waals surface area contributed by atoms with Crippen molar-refractivity contribution in [2.75, 3.05) is 0 Å². The van der Waals surface area contributed by atoms with Gasteiger partial charge in [0.2, 0.25) is 0 Å². The maximum atomic E-state index is 5.48. The van der Waals surface area contributed by atoms with Crippen molar-refractivity contribution in [1.29, 1.82) is 0 Å². The predicted molar refractivity (Wildman–Crippen MR) is 253 cm³/mol. The molecule has 2 heterocycles. The molecule has 2 bridgehead atoms. The molecule has 8 aromatic carbocycles. The Morgan fingerprint density at radius 1 is 0.492 bits per heavy atom. The van der Waals surface area contributed by atoms with E-state index in [9.17, 15) is 0 Å². The minimum Gasteiger partial charge on any atom is -0.292 e. The zero-order chi connectivity index (χ0) is 40.2. The Morgan fingerprint density at radius 3 is 1.95 bits per heavy atom. The summed E-state index contributed by atoms with van der Waals surface area (Å²) in [5.74, 6) is 3.00. The Kier molecular flexibility index (Phi) is 7.64. The van der Waals surface area contributed by atoms with Gasteiger partial charge >= 0.3 is 0 Å². The monoisotopic (exact) mass is 783 g/mol. The fraction of sp³-hybridized carbons (Fsp3) is 0.172. The van der Waals surface area contributed by atoms with Crippen molar-refractivity contribution in [3.8, 4) is 50.5 Å². The number of fused-ring (bicyclic) bond motifs is 9. The molecule has 2 aromatic heterocycles. The molecule has 2 atom stereocenters. The van der Waals surface area contributed by atoms with E-state index in [0.717, 1.165) is 45.1 Å². The first-order chi connectivity index (χ1) is 30.1. The summed E-state index contributed by atoms with van der Waals surface area (Å²) in [5.41, 5.74) is 17.0. The van der Waals surface area contributed by atoms with E-state index in [2.05, 4.69) is 181 Å². The first kappa shape index (κ1) is 35.0. The lowest BCUT2D eigenvalue weighted by molar-refractivity contribution is 0.0564. The summed E-state index contributed by atoms with van der Waals surface area (Å²) < 4.78 is 2.37. The second-order valence-electron chi connectivity index (χ2n) is 18.2. The van der Waals surface area contributed by atoms with Crippen LogP contribution < -0.4 is 0 Å². The smallest absolute Gasteiger partial charge is 0.165 e. The molecular weight excluding hydrogens is 739 g/mol. The van der Waals surface area contributed by atoms with Crippen molar-refractivity contribution in [3.05, 3.63) is 187 Å². The standard InChI is InChI=1S/C58H45N3/c1-36-32-43-15-11-16-44(33-36)58(43)49-19-8-7-18-46(49)47-29-26-42(35-50(47)58)41-28-30-53-48(34-41)55-45-17-6-5-14-39(45)27-31-54(55)61(53)57-56(59-51-20-9-10-21-52(51)60-57)40-24-22-38(23-25-40)37-12-3-2-4-13-37/h2-10,12-14,17-31,34-36,43-44H,11,15-16,32-33H2,1H3. The van der Waals surface area contributed by atoms with Crippen molar-refractivity contribution in [2.45, 2.75) is 44.4 Å². The number of hydrogen-bond donors (Lipinski definition) is 0. The quantitative estimate of drug-likeness (QED) is 0.178. The summed E-state index contributed by atoms with van der Waals surface area (Å²) in [6.07, 6.45) is 6.66. The molecule has 292 valence electrons. The van der Waals surface area contributed by atoms with Gasteiger partial charge in [-0.15, -0.1) is 0 Å². The Balaban J connectivity index is 1.03. The molecule has 2 unspecified atom stereocenters. The van der Waals surface area contributed by atoms with Crippen molar-refractivity contribution in [1.82, 2.24) is 14.5 Å². The summed E-state index contributed by atoms with van der Waals surface area (Å²) >= 11 is 0. The van der Waals surface area contributed by atoms with E-state index in [1.54, 1.807) is 11.1 Å². The molecule has 0 amide bonds. The third-order valence-electron chi connectivity index (χ3n) is 14.9. The van der Waals surface area contributed by atoms with Gasteiger partial charge in [-0.3, -0.25) is 4.57 Å². The van der Waals surface area contributed by atoms with Gasteiger partial charge in [0.05, 0.1) is 22.1 Å². The first-order valence-corrected chi connectivity index (χ1v) is 22.3. The van der Waals surface area contributed by atoms with E-state index in [1.165, 1.54) is 87.0 Å². The second-order valence-corrected chi connectivity index (χ2v) is 18.2. The van der Waals surface area contributed by atoms with Gasteiger partial charge in [-0.05, 0) is 135 Å². The molecule has 3 heteroatoms. The molecule has 0 aliphatic heterocycles. The van der Waals surface area contributed by atoms with E-state index in [4.69, 9.17) is 9.97 Å². The molecule has 61 heavy (non-hydrogen) atoms. The molecular formula is C58H45N3. The van der Waals surface area contributed by atoms with Gasteiger partial charge in [0.1, 0.15) is 5.69 Å². The van der Waals surface area contributed by atoms with Gasteiger partial charge in [0.25, 0.3) is 0 Å². The molecule has 0 radical (unpaired) electrons. The highest BCUT2D eigenvalue weighted by Gasteiger charge is 2.57. The van der Waals surface area contributed by atoms with E-state index >= 15 is 0 Å². The Bertz CT molecular complexity index is 3360. The fourth-order valence-corrected chi connectivity index (χ4v) is 12.5. The Hall–Kier alpha value is -6.84. The van der Waals surface area contributed by atoms with E-state index in [0.29, 0.717) is 11.8 Å². The summed E-state index contributed by atoms with van der Waals surface area (Å²) in [6.45, 7) is 2.50. The zero-order valence-electron chi connectivity index (χ0n) is 34.4. The van der Waals surface area contributed by atoms with Crippen molar-refractivity contribution in [2.24, 2.45) is 17.8 Å². The van der Waals surface area contributed by atoms with Gasteiger partial charge in [-0.25, -0.2) is 9.97 Å². The highest BCUT2D eigenvalue weighted by molar-refractivity contribution is 6.22. The van der Waals surface area contributed by atoms with Gasteiger partial charge in [-0.1, -0.05) is 153 Å². The van der Waals surface area contributed by atoms with Crippen LogP contribution in [-0.2, 0) is 5.41 Å². The summed E-state index contributed by atoms with van der Waals surface area (Å²) in [4.78, 5) is 10.9. The van der Waals surface area contributed by atoms with Gasteiger partial charge < -0.3 is 0 Å². The van der Waals surface area contributed by atoms with E-state index < -0.39 is 0 Å². The van der Waals surface area contributed by atoms with Crippen LogP contribution in [0.1, 0.15) is 50.2 Å². The highest BCUT2D eigenvalue weighted by atomic mass is 15.1. The Labute approximate surface area is 356 Å². The number of aromatic nitrogens is 3. The number of nitrogens with zero attached hydrogens (tertiary/aromatic N) is 3. The SMILES string of the molecule is CC1CC2CCCC(C1)C21c2ccccc2-c2ccc(-c3ccc4c(c3)c3c5ccccc5ccc3n4-c3nc4ccccc4nc3-c3ccc(-c4ccccc4)cc3)cc21. The molecule has 0 N–H and O–H groups in total. The van der Waals surface area contributed by atoms with Gasteiger partial charge in [0.15, 0.2) is 5.82 Å². The molecule has 13 rings (SSSR count). The molecule has 10 aromatic rings. The van der Waals surface area contributed by atoms with Crippen LogP contribution in [0.25, 0.3) is 94.1 Å². The fourth-order valence-electron chi connectivity index (χ4n) is 12.5. The lowest BCUT2D eigenvalue weighted by atomic mass is 9.49. The predicted octanol–water partition coefficient (Wildman–Crippen LogP) is 15.0. The first-order valence-electron chi connectivity index (χ1n) is 22.3. The van der Waals surface area contributed by atoms with Crippen LogP contribution in [-0.4, -0.2) is 14.5 Å². The molecule has 0 saturated heterocycles. The van der Waals surface area contributed by atoms with E-state index in [-0.39, 0.29) is 5.41 Å². The maximum absolute atomic E-state index is 5.48. The van der Waals surface area contributed by atoms with Crippen LogP contribution in [0, 0.1) is 17.8 Å². The number of hydrogen-bond acceptors (Lipinski definition) is 2. The number of rotatable bonds is 4. The lowest BCUT2D eigenvalue weighted by Gasteiger charge is -2.54. The van der Waals surface area contributed by atoms with E-state index in [1.807, 2.05) is 6.07 Å². The molecule has 3 aliphatic rings. The van der Waals surface area contributed by atoms with Gasteiger partial charge in [-0.2, -0.15) is 0 Å². The maximum Gasteiger partial charge on any atom is 0.165 e. The number of benzene rings is 8. The van der Waals surface area contributed by atoms with Crippen LogP contribution in [0.3, 0.4) is 0 Å². The van der Waals surface area contributed by atoms with Crippen LogP contribution in [0.15, 0.2) is 176 Å². The average molecular weight is 784 g/mol. The summed E-state index contributed by atoms with van der Waals surface area (Å²) in [7, 11) is 0. The highest BCUT2D eigenvalue weighted by Crippen LogP contribution is 2.65. The Morgan fingerprint density at radius 2 is 1.11 bits per heavy atom. The molecule has 2 fully saturated rings. The average Bonchev–Trinajstić information content (AvgIpc) is 3.79. The molecule has 3 aliphatic carbocycles. The topological polar surface area (TPSA) is 30.7 Å². The summed E-state index contributed by atoms with van der Waals surface area (Å²) in [5, 5.41) is 4.95. The van der Waals surface area contributed by atoms with Crippen molar-refractivity contribution in [3.63, 3.8) is 0 Å². The second kappa shape index (κ2) is 13.3. The molecule has 2 saturated carbocycles. The third kappa shape index (κ3) is 5.10. The lowest BCUT2D eigenvalue weighted by Crippen LogP contribution is -2.49.